The summed E-state index contributed by atoms with van der Waals surface area (Å²) in [5, 5.41) is 13.0. The minimum atomic E-state index is -0.125. The number of phenolic OH excluding ortho intramolecular Hbond substituents is 1. The maximum absolute atomic E-state index is 12.1. The molecule has 2 aliphatic rings. The molecule has 0 radical (unpaired) electrons. The van der Waals surface area contributed by atoms with Gasteiger partial charge >= 0.3 is 0 Å². The third kappa shape index (κ3) is 1.95. The van der Waals surface area contributed by atoms with Crippen LogP contribution in [0.4, 0.5) is 5.69 Å². The van der Waals surface area contributed by atoms with Gasteiger partial charge in [0, 0.05) is 10.9 Å². The smallest absolute Gasteiger partial charge is 0.228 e. The van der Waals surface area contributed by atoms with E-state index in [1.54, 1.807) is 0 Å². The van der Waals surface area contributed by atoms with Crippen molar-refractivity contribution in [1.82, 2.24) is 0 Å². The monoisotopic (exact) mass is 285 g/mol. The van der Waals surface area contributed by atoms with Crippen molar-refractivity contribution in [3.8, 4) is 5.75 Å². The quantitative estimate of drug-likeness (QED) is 0.815. The Bertz CT molecular complexity index is 508. The van der Waals surface area contributed by atoms with Gasteiger partial charge in [0.2, 0.25) is 5.91 Å². The summed E-state index contributed by atoms with van der Waals surface area (Å²) in [6.07, 6.45) is 3.52. The van der Waals surface area contributed by atoms with Crippen LogP contribution in [0.2, 0.25) is 10.0 Å². The fourth-order valence-corrected chi connectivity index (χ4v) is 3.58. The first-order chi connectivity index (χ1) is 8.58. The molecule has 0 bridgehead atoms. The predicted octanol–water partition coefficient (Wildman–Crippen LogP) is 3.68. The SMILES string of the molecule is O=C(Nc1cc(Cl)cc(Cl)c1O)C1C2CCCC21. The van der Waals surface area contributed by atoms with E-state index >= 15 is 0 Å². The standard InChI is InChI=1S/C13H13Cl2NO2/c14-6-4-9(15)12(17)10(5-6)16-13(18)11-7-2-1-3-8(7)11/h4-5,7-8,11,17H,1-3H2,(H,16,18). The first-order valence-corrected chi connectivity index (χ1v) is 6.82. The molecule has 0 saturated heterocycles. The molecule has 1 amide bonds. The maximum atomic E-state index is 12.1. The van der Waals surface area contributed by atoms with Crippen LogP contribution in [0.25, 0.3) is 0 Å². The molecular weight excluding hydrogens is 273 g/mol. The molecule has 0 aliphatic heterocycles. The number of amides is 1. The second-order valence-electron chi connectivity index (χ2n) is 5.06. The zero-order valence-corrected chi connectivity index (χ0v) is 11.1. The van der Waals surface area contributed by atoms with Crippen molar-refractivity contribution in [3.63, 3.8) is 0 Å². The molecular formula is C13H13Cl2NO2. The zero-order chi connectivity index (χ0) is 12.9. The molecule has 96 valence electrons. The van der Waals surface area contributed by atoms with Gasteiger partial charge in [-0.15, -0.1) is 0 Å². The van der Waals surface area contributed by atoms with Gasteiger partial charge in [-0.3, -0.25) is 4.79 Å². The van der Waals surface area contributed by atoms with Gasteiger partial charge < -0.3 is 10.4 Å². The lowest BCUT2D eigenvalue weighted by atomic mass is 10.1. The average molecular weight is 286 g/mol. The third-order valence-electron chi connectivity index (χ3n) is 4.00. The molecule has 0 aromatic heterocycles. The predicted molar refractivity (Wildman–Crippen MR) is 71.1 cm³/mol. The topological polar surface area (TPSA) is 49.3 Å². The van der Waals surface area contributed by atoms with Crippen LogP contribution in [0, 0.1) is 17.8 Å². The summed E-state index contributed by atoms with van der Waals surface area (Å²) in [4.78, 5) is 12.1. The van der Waals surface area contributed by atoms with Crippen molar-refractivity contribution >= 4 is 34.8 Å². The fourth-order valence-electron chi connectivity index (χ4n) is 3.09. The molecule has 3 nitrogen and oxygen atoms in total. The Morgan fingerprint density at radius 2 is 1.94 bits per heavy atom. The van der Waals surface area contributed by atoms with E-state index in [0.717, 1.165) is 12.8 Å². The van der Waals surface area contributed by atoms with Crippen molar-refractivity contribution in [3.05, 3.63) is 22.2 Å². The Morgan fingerprint density at radius 1 is 1.28 bits per heavy atom. The summed E-state index contributed by atoms with van der Waals surface area (Å²) < 4.78 is 0. The summed E-state index contributed by atoms with van der Waals surface area (Å²) in [5.74, 6) is 1.04. The van der Waals surface area contributed by atoms with E-state index in [0.29, 0.717) is 22.5 Å². The van der Waals surface area contributed by atoms with Crippen molar-refractivity contribution in [2.24, 2.45) is 17.8 Å². The van der Waals surface area contributed by atoms with Crippen LogP contribution in [0.5, 0.6) is 5.75 Å². The fraction of sp³-hybridized carbons (Fsp3) is 0.462. The molecule has 2 saturated carbocycles. The molecule has 2 aliphatic carbocycles. The molecule has 3 rings (SSSR count). The molecule has 2 atom stereocenters. The van der Waals surface area contributed by atoms with Crippen LogP contribution in [0.3, 0.4) is 0 Å². The number of carbonyl (C=O) groups excluding carboxylic acids is 1. The Balaban J connectivity index is 1.75. The summed E-state index contributed by atoms with van der Waals surface area (Å²) in [6, 6.07) is 2.96. The maximum Gasteiger partial charge on any atom is 0.228 e. The van der Waals surface area contributed by atoms with Crippen LogP contribution in [-0.4, -0.2) is 11.0 Å². The van der Waals surface area contributed by atoms with Crippen LogP contribution in [-0.2, 0) is 4.79 Å². The van der Waals surface area contributed by atoms with Crippen LogP contribution >= 0.6 is 23.2 Å². The van der Waals surface area contributed by atoms with Gasteiger partial charge in [-0.1, -0.05) is 29.6 Å². The molecule has 1 aromatic carbocycles. The summed E-state index contributed by atoms with van der Waals surface area (Å²) in [7, 11) is 0. The third-order valence-corrected chi connectivity index (χ3v) is 4.50. The highest BCUT2D eigenvalue weighted by Crippen LogP contribution is 2.57. The summed E-state index contributed by atoms with van der Waals surface area (Å²) in [6.45, 7) is 0. The summed E-state index contributed by atoms with van der Waals surface area (Å²) >= 11 is 11.7. The molecule has 1 aromatic rings. The second kappa shape index (κ2) is 4.32. The van der Waals surface area contributed by atoms with E-state index < -0.39 is 0 Å². The number of carbonyl (C=O) groups is 1. The Kier molecular flexibility index (Phi) is 2.91. The number of fused-ring (bicyclic) bond motifs is 1. The normalized spacial score (nSPS) is 28.9. The van der Waals surface area contributed by atoms with Gasteiger partial charge in [-0.25, -0.2) is 0 Å². The Labute approximate surface area is 115 Å². The number of phenols is 1. The molecule has 2 unspecified atom stereocenters. The number of halogens is 2. The number of aromatic hydroxyl groups is 1. The largest absolute Gasteiger partial charge is 0.504 e. The van der Waals surface area contributed by atoms with E-state index in [-0.39, 0.29) is 22.6 Å². The lowest BCUT2D eigenvalue weighted by Crippen LogP contribution is -2.16. The van der Waals surface area contributed by atoms with Crippen LogP contribution in [0.1, 0.15) is 19.3 Å². The number of anilines is 1. The Hall–Kier alpha value is -0.930. The van der Waals surface area contributed by atoms with Gasteiger partial charge in [0.15, 0.2) is 5.75 Å². The highest BCUT2D eigenvalue weighted by Gasteiger charge is 2.56. The van der Waals surface area contributed by atoms with Gasteiger partial charge in [0.1, 0.15) is 0 Å². The first-order valence-electron chi connectivity index (χ1n) is 6.07. The summed E-state index contributed by atoms with van der Waals surface area (Å²) in [5.41, 5.74) is 0.294. The van der Waals surface area contributed by atoms with Crippen LogP contribution < -0.4 is 5.32 Å². The molecule has 18 heavy (non-hydrogen) atoms. The number of rotatable bonds is 2. The second-order valence-corrected chi connectivity index (χ2v) is 5.90. The highest BCUT2D eigenvalue weighted by atomic mass is 35.5. The van der Waals surface area contributed by atoms with E-state index in [1.807, 2.05) is 0 Å². The molecule has 2 fully saturated rings. The number of hydrogen-bond donors (Lipinski definition) is 2. The van der Waals surface area contributed by atoms with Gasteiger partial charge in [0.05, 0.1) is 10.7 Å². The number of nitrogens with one attached hydrogen (secondary N) is 1. The lowest BCUT2D eigenvalue weighted by Gasteiger charge is -2.10. The highest BCUT2D eigenvalue weighted by molar-refractivity contribution is 6.36. The molecule has 2 N–H and O–H groups in total. The van der Waals surface area contributed by atoms with Crippen molar-refractivity contribution in [2.45, 2.75) is 19.3 Å². The van der Waals surface area contributed by atoms with E-state index in [9.17, 15) is 9.90 Å². The lowest BCUT2D eigenvalue weighted by molar-refractivity contribution is -0.118. The van der Waals surface area contributed by atoms with Gasteiger partial charge in [0.25, 0.3) is 0 Å². The van der Waals surface area contributed by atoms with Crippen molar-refractivity contribution in [2.75, 3.05) is 5.32 Å². The minimum absolute atomic E-state index is 0.0293. The Morgan fingerprint density at radius 3 is 2.61 bits per heavy atom. The van der Waals surface area contributed by atoms with Crippen molar-refractivity contribution in [1.29, 1.82) is 0 Å². The molecule has 5 heteroatoms. The molecule has 0 heterocycles. The zero-order valence-electron chi connectivity index (χ0n) is 9.62. The number of benzene rings is 1. The van der Waals surface area contributed by atoms with Crippen molar-refractivity contribution < 1.29 is 9.90 Å². The minimum Gasteiger partial charge on any atom is -0.504 e. The van der Waals surface area contributed by atoms with E-state index in [4.69, 9.17) is 23.2 Å². The van der Waals surface area contributed by atoms with Crippen LogP contribution in [0.15, 0.2) is 12.1 Å². The van der Waals surface area contributed by atoms with Gasteiger partial charge in [-0.2, -0.15) is 0 Å². The van der Waals surface area contributed by atoms with E-state index in [2.05, 4.69) is 5.32 Å². The first kappa shape index (κ1) is 12.1. The number of hydrogen-bond acceptors (Lipinski definition) is 2. The van der Waals surface area contributed by atoms with E-state index in [1.165, 1.54) is 18.6 Å². The average Bonchev–Trinajstić information content (AvgIpc) is 2.80. The van der Waals surface area contributed by atoms with Gasteiger partial charge in [-0.05, 0) is 36.8 Å². The molecule has 0 spiro atoms.